The maximum absolute atomic E-state index is 11.7. The van der Waals surface area contributed by atoms with Crippen LogP contribution < -0.4 is 0 Å². The first-order valence-corrected chi connectivity index (χ1v) is 10.3. The van der Waals surface area contributed by atoms with Crippen molar-refractivity contribution in [3.63, 3.8) is 0 Å². The number of hydrogen-bond acceptors (Lipinski definition) is 4. The van der Waals surface area contributed by atoms with Gasteiger partial charge in [0.05, 0.1) is 6.61 Å². The number of ether oxygens (including phenoxy) is 2. The third-order valence-electron chi connectivity index (χ3n) is 4.76. The smallest absolute Gasteiger partial charge is 0.394 e. The van der Waals surface area contributed by atoms with Gasteiger partial charge in [0.1, 0.15) is 17.8 Å². The first kappa shape index (κ1) is 28.0. The summed E-state index contributed by atoms with van der Waals surface area (Å²) in [6.45, 7) is 9.84. The summed E-state index contributed by atoms with van der Waals surface area (Å²) < 4.78 is 11.8. The van der Waals surface area contributed by atoms with Crippen molar-refractivity contribution in [1.82, 2.24) is 0 Å². The number of hydrogen-bond donors (Lipinski definition) is 2. The van der Waals surface area contributed by atoms with E-state index in [1.54, 1.807) is 13.8 Å². The molecule has 1 fully saturated rings. The minimum atomic E-state index is -1.41. The van der Waals surface area contributed by atoms with Gasteiger partial charge in [0.15, 0.2) is 5.79 Å². The van der Waals surface area contributed by atoms with Crippen molar-refractivity contribution in [1.29, 1.82) is 0 Å². The first-order valence-electron chi connectivity index (χ1n) is 10.3. The Labute approximate surface area is 206 Å². The first-order chi connectivity index (χ1) is 14.9. The molecule has 0 radical (unpaired) electrons. The predicted octanol–water partition coefficient (Wildman–Crippen LogP) is 4.84. The number of aliphatic hydroxyl groups excluding tert-OH is 1. The quantitative estimate of drug-likeness (QED) is 0.425. The van der Waals surface area contributed by atoms with E-state index in [-0.39, 0.29) is 28.3 Å². The van der Waals surface area contributed by atoms with Gasteiger partial charge >= 0.3 is 21.7 Å². The fourth-order valence-corrected chi connectivity index (χ4v) is 3.52. The maximum Gasteiger partial charge on any atom is 2.00 e. The van der Waals surface area contributed by atoms with Crippen molar-refractivity contribution >= 4 is 0 Å². The molecule has 4 nitrogen and oxygen atoms in total. The SMILES string of the molecule is C=C[CH2-].CC1(C)O[C@@H](CO)[C@H](C(O)(c2ccccc2)c2ccccc2)O1.[Ti+2].c1cc[cH-]c1. The zero-order chi connectivity index (χ0) is 22.7. The van der Waals surface area contributed by atoms with Crippen LogP contribution in [0.15, 0.2) is 104 Å². The van der Waals surface area contributed by atoms with Crippen molar-refractivity contribution in [2.24, 2.45) is 0 Å². The summed E-state index contributed by atoms with van der Waals surface area (Å²) in [6, 6.07) is 28.7. The number of rotatable bonds is 4. The van der Waals surface area contributed by atoms with Gasteiger partial charge in [0.25, 0.3) is 0 Å². The van der Waals surface area contributed by atoms with Gasteiger partial charge in [-0.05, 0) is 25.0 Å². The Morgan fingerprint density at radius 3 is 1.75 bits per heavy atom. The monoisotopic (exact) mass is 468 g/mol. The second kappa shape index (κ2) is 13.5. The average Bonchev–Trinajstić information content (AvgIpc) is 3.46. The molecule has 0 aliphatic carbocycles. The minimum Gasteiger partial charge on any atom is -0.394 e. The predicted molar refractivity (Wildman–Crippen MR) is 124 cm³/mol. The van der Waals surface area contributed by atoms with Gasteiger partial charge in [-0.2, -0.15) is 18.2 Å². The van der Waals surface area contributed by atoms with E-state index in [1.807, 2.05) is 91.0 Å². The molecule has 168 valence electrons. The second-order valence-corrected chi connectivity index (χ2v) is 7.53. The Balaban J connectivity index is 0.000000485. The molecule has 0 saturated carbocycles. The number of allylic oxidation sites excluding steroid dienone is 1. The van der Waals surface area contributed by atoms with Gasteiger partial charge in [-0.15, -0.1) is 0 Å². The van der Waals surface area contributed by atoms with Crippen molar-refractivity contribution in [2.45, 2.75) is 37.4 Å². The van der Waals surface area contributed by atoms with E-state index in [2.05, 4.69) is 13.5 Å². The third kappa shape index (κ3) is 7.24. The molecule has 3 aromatic carbocycles. The summed E-state index contributed by atoms with van der Waals surface area (Å²) in [5.41, 5.74) is -0.00384. The normalized spacial score (nSPS) is 18.8. The van der Waals surface area contributed by atoms with E-state index in [9.17, 15) is 10.2 Å². The van der Waals surface area contributed by atoms with Crippen molar-refractivity contribution in [2.75, 3.05) is 6.61 Å². The molecule has 1 saturated heterocycles. The Morgan fingerprint density at radius 2 is 1.41 bits per heavy atom. The van der Waals surface area contributed by atoms with Crippen LogP contribution in [0.25, 0.3) is 0 Å². The standard InChI is InChI=1S/C19H22O4.C5H5.C3H5.Ti/c1-18(2)22-16(13-20)17(23-18)19(21,14-9-5-3-6-10-14)15-11-7-4-8-12-15;1-2-4-5-3-1;1-3-2;/h3-12,16-17,20-21H,13H2,1-2H3;1-5H;3H,1-2H2;/q;2*-1;+2/t16-,17+;;;/m0.../s1. The Morgan fingerprint density at radius 1 is 0.969 bits per heavy atom. The Bertz CT molecular complexity index is 806. The fraction of sp³-hybridized carbons (Fsp3) is 0.259. The molecule has 0 aromatic heterocycles. The summed E-state index contributed by atoms with van der Waals surface area (Å²) in [4.78, 5) is 0. The zero-order valence-corrected chi connectivity index (χ0v) is 20.3. The van der Waals surface area contributed by atoms with Gasteiger partial charge in [0, 0.05) is 0 Å². The molecule has 2 atom stereocenters. The Hall–Kier alpha value is -2.05. The summed E-state index contributed by atoms with van der Waals surface area (Å²) in [5.74, 6) is -0.865. The summed E-state index contributed by atoms with van der Waals surface area (Å²) >= 11 is 0. The van der Waals surface area contributed by atoms with E-state index in [0.717, 1.165) is 0 Å². The van der Waals surface area contributed by atoms with Crippen LogP contribution in [0.3, 0.4) is 0 Å². The maximum atomic E-state index is 11.7. The minimum absolute atomic E-state index is 0. The van der Waals surface area contributed by atoms with E-state index in [1.165, 1.54) is 6.08 Å². The van der Waals surface area contributed by atoms with Crippen LogP contribution in [0.4, 0.5) is 0 Å². The van der Waals surface area contributed by atoms with Crippen LogP contribution in [-0.2, 0) is 36.8 Å². The van der Waals surface area contributed by atoms with Crippen LogP contribution in [0.2, 0.25) is 0 Å². The van der Waals surface area contributed by atoms with Gasteiger partial charge in [0.2, 0.25) is 0 Å². The van der Waals surface area contributed by atoms with Gasteiger partial charge < -0.3 is 19.7 Å². The molecule has 3 aromatic rings. The Kier molecular flexibility index (Phi) is 11.8. The number of aliphatic hydroxyl groups is 2. The molecule has 0 amide bonds. The average molecular weight is 468 g/mol. The summed E-state index contributed by atoms with van der Waals surface area (Å²) in [5, 5.41) is 21.4. The molecule has 1 aliphatic heterocycles. The molecule has 2 N–H and O–H groups in total. The molecule has 1 heterocycles. The van der Waals surface area contributed by atoms with E-state index in [0.29, 0.717) is 11.1 Å². The van der Waals surface area contributed by atoms with Crippen LogP contribution in [0, 0.1) is 6.92 Å². The molecule has 1 aliphatic rings. The van der Waals surface area contributed by atoms with E-state index in [4.69, 9.17) is 9.47 Å². The van der Waals surface area contributed by atoms with Crippen LogP contribution in [0.1, 0.15) is 25.0 Å². The van der Waals surface area contributed by atoms with Crippen molar-refractivity contribution in [3.05, 3.63) is 122 Å². The van der Waals surface area contributed by atoms with Crippen molar-refractivity contribution < 1.29 is 41.4 Å². The molecule has 0 bridgehead atoms. The largest absolute Gasteiger partial charge is 2.00 e. The van der Waals surface area contributed by atoms with Gasteiger partial charge in [-0.3, -0.25) is 0 Å². The molecule has 32 heavy (non-hydrogen) atoms. The molecule has 0 unspecified atom stereocenters. The summed E-state index contributed by atoms with van der Waals surface area (Å²) in [6.07, 6.45) is 0.169. The van der Waals surface area contributed by atoms with Crippen LogP contribution >= 0.6 is 0 Å². The third-order valence-corrected chi connectivity index (χ3v) is 4.76. The summed E-state index contributed by atoms with van der Waals surface area (Å²) in [7, 11) is 0. The van der Waals surface area contributed by atoms with Crippen LogP contribution in [-0.4, -0.2) is 34.8 Å². The molecule has 0 spiro atoms. The zero-order valence-electron chi connectivity index (χ0n) is 18.7. The van der Waals surface area contributed by atoms with Gasteiger partial charge in [-0.1, -0.05) is 60.7 Å². The van der Waals surface area contributed by atoms with E-state index >= 15 is 0 Å². The molecular weight excluding hydrogens is 436 g/mol. The second-order valence-electron chi connectivity index (χ2n) is 7.53. The van der Waals surface area contributed by atoms with Crippen LogP contribution in [0.5, 0.6) is 0 Å². The van der Waals surface area contributed by atoms with Gasteiger partial charge in [-0.25, -0.2) is 31.7 Å². The molecular formula is C27H32O4Ti. The fourth-order valence-electron chi connectivity index (χ4n) is 3.52. The molecule has 5 heteroatoms. The van der Waals surface area contributed by atoms with E-state index < -0.39 is 23.6 Å². The molecule has 4 rings (SSSR count). The topological polar surface area (TPSA) is 58.9 Å². The van der Waals surface area contributed by atoms with Crippen molar-refractivity contribution in [3.8, 4) is 0 Å². The number of benzene rings is 2.